The van der Waals surface area contributed by atoms with E-state index in [4.69, 9.17) is 16.3 Å². The smallest absolute Gasteiger partial charge is 0.274 e. The fourth-order valence-corrected chi connectivity index (χ4v) is 4.26. The second kappa shape index (κ2) is 10.5. The Bertz CT molecular complexity index is 1310. The minimum Gasteiger partial charge on any atom is -0.484 e. The Hall–Kier alpha value is -3.63. The average molecular weight is 504 g/mol. The molecule has 0 atom stereocenters. The maximum atomic E-state index is 12.4. The molecule has 0 saturated carbocycles. The fraction of sp³-hybridized carbons (Fsp3) is 0.174. The van der Waals surface area contributed by atoms with Crippen molar-refractivity contribution in [3.63, 3.8) is 0 Å². The number of nitrogens with one attached hydrogen (secondary N) is 1. The Balaban J connectivity index is 1.67. The number of nitro groups is 1. The van der Waals surface area contributed by atoms with Crippen LogP contribution in [-0.4, -0.2) is 32.1 Å². The molecule has 0 bridgehead atoms. The van der Waals surface area contributed by atoms with Crippen LogP contribution in [0.5, 0.6) is 5.75 Å². The molecule has 0 aromatic heterocycles. The molecular formula is C23H22ClN3O6S. The van der Waals surface area contributed by atoms with E-state index in [0.29, 0.717) is 33.3 Å². The molecule has 1 N–H and O–H groups in total. The molecule has 0 aliphatic carbocycles. The predicted molar refractivity (Wildman–Crippen MR) is 131 cm³/mol. The van der Waals surface area contributed by atoms with Gasteiger partial charge in [-0.2, -0.15) is 0 Å². The molecular weight excluding hydrogens is 482 g/mol. The lowest BCUT2D eigenvalue weighted by Crippen LogP contribution is -2.29. The average Bonchev–Trinajstić information content (AvgIpc) is 2.78. The molecule has 1 amide bonds. The van der Waals surface area contributed by atoms with Crippen molar-refractivity contribution in [2.24, 2.45) is 0 Å². The van der Waals surface area contributed by atoms with Gasteiger partial charge in [0.05, 0.1) is 34.7 Å². The minimum absolute atomic E-state index is 0.0592. The van der Waals surface area contributed by atoms with Gasteiger partial charge in [-0.05, 0) is 48.9 Å². The highest BCUT2D eigenvalue weighted by atomic mass is 35.5. The summed E-state index contributed by atoms with van der Waals surface area (Å²) >= 11 is 6.18. The van der Waals surface area contributed by atoms with Gasteiger partial charge in [0.15, 0.2) is 6.61 Å². The fourth-order valence-electron chi connectivity index (χ4n) is 3.18. The molecule has 0 fully saturated rings. The number of carbonyl (C=O) groups excluding carboxylic acids is 1. The van der Waals surface area contributed by atoms with Crippen LogP contribution in [0.3, 0.4) is 0 Å². The summed E-state index contributed by atoms with van der Waals surface area (Å²) in [5.74, 6) is -0.148. The Labute approximate surface area is 202 Å². The number of anilines is 2. The van der Waals surface area contributed by atoms with E-state index >= 15 is 0 Å². The van der Waals surface area contributed by atoms with Gasteiger partial charge in [-0.25, -0.2) is 8.42 Å². The normalized spacial score (nSPS) is 11.0. The Kier molecular flexibility index (Phi) is 7.75. The lowest BCUT2D eigenvalue weighted by atomic mass is 10.1. The summed E-state index contributed by atoms with van der Waals surface area (Å²) in [6.45, 7) is 1.27. The first-order chi connectivity index (χ1) is 16.1. The first-order valence-corrected chi connectivity index (χ1v) is 12.3. The second-order valence-corrected chi connectivity index (χ2v) is 9.71. The molecule has 11 heteroatoms. The van der Waals surface area contributed by atoms with Crippen molar-refractivity contribution in [2.45, 2.75) is 13.5 Å². The molecule has 3 aromatic rings. The number of halogens is 1. The van der Waals surface area contributed by atoms with Gasteiger partial charge in [-0.15, -0.1) is 0 Å². The number of nitrogens with zero attached hydrogens (tertiary/aromatic N) is 2. The van der Waals surface area contributed by atoms with Crippen LogP contribution >= 0.6 is 11.6 Å². The monoisotopic (exact) mass is 503 g/mol. The number of nitro benzene ring substituents is 1. The first kappa shape index (κ1) is 25.0. The largest absolute Gasteiger partial charge is 0.484 e. The summed E-state index contributed by atoms with van der Waals surface area (Å²) in [6, 6.07) is 17.6. The van der Waals surface area contributed by atoms with E-state index in [1.165, 1.54) is 16.4 Å². The number of rotatable bonds is 9. The SMILES string of the molecule is Cc1c(NC(=O)COc2ccc(N(Cc3ccccc3Cl)S(C)(=O)=O)cc2)cccc1[N+](=O)[O-]. The standard InChI is InChI=1S/C23H22ClN3O6S/c1-16-21(8-5-9-22(16)27(29)30)25-23(28)15-33-19-12-10-18(11-13-19)26(34(2,31)32)14-17-6-3-4-7-20(17)24/h3-13H,14-15H2,1-2H3,(H,25,28). The zero-order chi connectivity index (χ0) is 24.9. The summed E-state index contributed by atoms with van der Waals surface area (Å²) in [5, 5.41) is 14.1. The van der Waals surface area contributed by atoms with Crippen molar-refractivity contribution >= 4 is 44.6 Å². The van der Waals surface area contributed by atoms with Crippen molar-refractivity contribution < 1.29 is 22.9 Å². The summed E-state index contributed by atoms with van der Waals surface area (Å²) in [5.41, 5.74) is 1.63. The third-order valence-corrected chi connectivity index (χ3v) is 6.45. The van der Waals surface area contributed by atoms with Crippen molar-refractivity contribution in [3.05, 3.63) is 93.0 Å². The number of sulfonamides is 1. The number of carbonyl (C=O) groups is 1. The van der Waals surface area contributed by atoms with Crippen LogP contribution in [0, 0.1) is 17.0 Å². The van der Waals surface area contributed by atoms with Gasteiger partial charge in [0.1, 0.15) is 5.75 Å². The lowest BCUT2D eigenvalue weighted by Gasteiger charge is -2.23. The molecule has 0 heterocycles. The molecule has 0 radical (unpaired) electrons. The van der Waals surface area contributed by atoms with Gasteiger partial charge in [-0.3, -0.25) is 19.2 Å². The van der Waals surface area contributed by atoms with Gasteiger partial charge in [0.2, 0.25) is 10.0 Å². The summed E-state index contributed by atoms with van der Waals surface area (Å²) < 4.78 is 31.4. The van der Waals surface area contributed by atoms with Crippen LogP contribution in [0.25, 0.3) is 0 Å². The minimum atomic E-state index is -3.60. The number of hydrogen-bond donors (Lipinski definition) is 1. The van der Waals surface area contributed by atoms with Crippen molar-refractivity contribution in [1.29, 1.82) is 0 Å². The van der Waals surface area contributed by atoms with Crippen LogP contribution in [-0.2, 0) is 21.4 Å². The topological polar surface area (TPSA) is 119 Å². The number of hydrogen-bond acceptors (Lipinski definition) is 6. The third-order valence-electron chi connectivity index (χ3n) is 4.94. The van der Waals surface area contributed by atoms with E-state index in [2.05, 4.69) is 5.32 Å². The molecule has 0 saturated heterocycles. The van der Waals surface area contributed by atoms with Gasteiger partial charge in [-0.1, -0.05) is 35.9 Å². The summed E-state index contributed by atoms with van der Waals surface area (Å²) in [4.78, 5) is 22.8. The Morgan fingerprint density at radius 1 is 1.09 bits per heavy atom. The van der Waals surface area contributed by atoms with Crippen LogP contribution in [0.15, 0.2) is 66.7 Å². The van der Waals surface area contributed by atoms with Crippen LogP contribution in [0.1, 0.15) is 11.1 Å². The first-order valence-electron chi connectivity index (χ1n) is 10.0. The second-order valence-electron chi connectivity index (χ2n) is 7.40. The third kappa shape index (κ3) is 6.24. The quantitative estimate of drug-likeness (QED) is 0.338. The molecule has 0 spiro atoms. The van der Waals surface area contributed by atoms with E-state index in [-0.39, 0.29) is 18.8 Å². The van der Waals surface area contributed by atoms with Gasteiger partial charge >= 0.3 is 0 Å². The number of benzene rings is 3. The van der Waals surface area contributed by atoms with E-state index in [1.807, 2.05) is 0 Å². The highest BCUT2D eigenvalue weighted by Gasteiger charge is 2.19. The molecule has 0 aliphatic heterocycles. The number of amides is 1. The molecule has 34 heavy (non-hydrogen) atoms. The summed E-state index contributed by atoms with van der Waals surface area (Å²) in [6.07, 6.45) is 1.11. The van der Waals surface area contributed by atoms with Crippen molar-refractivity contribution in [1.82, 2.24) is 0 Å². The zero-order valence-electron chi connectivity index (χ0n) is 18.4. The van der Waals surface area contributed by atoms with Crippen molar-refractivity contribution in [3.8, 4) is 5.75 Å². The van der Waals surface area contributed by atoms with Gasteiger partial charge < -0.3 is 10.1 Å². The molecule has 9 nitrogen and oxygen atoms in total. The maximum absolute atomic E-state index is 12.4. The van der Waals surface area contributed by atoms with Crippen LogP contribution in [0.4, 0.5) is 17.1 Å². The molecule has 0 aliphatic rings. The highest BCUT2D eigenvalue weighted by molar-refractivity contribution is 7.92. The Morgan fingerprint density at radius 3 is 2.38 bits per heavy atom. The van der Waals surface area contributed by atoms with E-state index in [9.17, 15) is 23.3 Å². The number of ether oxygens (including phenoxy) is 1. The molecule has 3 rings (SSSR count). The molecule has 0 unspecified atom stereocenters. The van der Waals surface area contributed by atoms with Gasteiger partial charge in [0, 0.05) is 11.1 Å². The van der Waals surface area contributed by atoms with E-state index in [0.717, 1.165) is 6.26 Å². The van der Waals surface area contributed by atoms with E-state index < -0.39 is 20.9 Å². The van der Waals surface area contributed by atoms with Crippen LogP contribution < -0.4 is 14.4 Å². The van der Waals surface area contributed by atoms with Crippen LogP contribution in [0.2, 0.25) is 5.02 Å². The lowest BCUT2D eigenvalue weighted by molar-refractivity contribution is -0.385. The van der Waals surface area contributed by atoms with Gasteiger partial charge in [0.25, 0.3) is 11.6 Å². The highest BCUT2D eigenvalue weighted by Crippen LogP contribution is 2.27. The van der Waals surface area contributed by atoms with E-state index in [1.54, 1.807) is 61.5 Å². The Morgan fingerprint density at radius 2 is 1.76 bits per heavy atom. The van der Waals surface area contributed by atoms with Crippen molar-refractivity contribution in [2.75, 3.05) is 22.5 Å². The predicted octanol–water partition coefficient (Wildman–Crippen LogP) is 4.54. The maximum Gasteiger partial charge on any atom is 0.274 e. The molecule has 3 aromatic carbocycles. The summed E-state index contributed by atoms with van der Waals surface area (Å²) in [7, 11) is -3.60. The molecule has 178 valence electrons. The zero-order valence-corrected chi connectivity index (χ0v) is 20.0.